The highest BCUT2D eigenvalue weighted by Gasteiger charge is 2.31. The van der Waals surface area contributed by atoms with Gasteiger partial charge in [-0.1, -0.05) is 77.8 Å². The highest BCUT2D eigenvalue weighted by Crippen LogP contribution is 2.40. The van der Waals surface area contributed by atoms with Crippen LogP contribution in [0.15, 0.2) is 137 Å². The molecular formula is C53H35Cl2F5N6O6. The zero-order valence-electron chi connectivity index (χ0n) is 37.7. The average Bonchev–Trinajstić information content (AvgIpc) is 3.75. The molecule has 0 fully saturated rings. The molecule has 362 valence electrons. The number of alkyl halides is 3. The summed E-state index contributed by atoms with van der Waals surface area (Å²) in [4.78, 5) is 55.5. The SMILES string of the molecule is Cc1c(-c2nn(Cc3ccc(OC(F)(F)F)cc3)c(=O)c3ccccc23)c2cc(Cl)ccc2n1CC(=O)OC(=O)Cn1c(C)c(-c2nn(Cc3c(F)cccc3F)c(=O)c3ccccc23)c2cc(Cl)ccc21. The van der Waals surface area contributed by atoms with Crippen molar-refractivity contribution in [3.8, 4) is 28.3 Å². The third-order valence-electron chi connectivity index (χ3n) is 12.4. The van der Waals surface area contributed by atoms with Crippen molar-refractivity contribution in [1.82, 2.24) is 28.7 Å². The molecule has 10 aromatic rings. The van der Waals surface area contributed by atoms with E-state index in [1.807, 2.05) is 0 Å². The van der Waals surface area contributed by atoms with Gasteiger partial charge in [-0.2, -0.15) is 10.2 Å². The van der Waals surface area contributed by atoms with Gasteiger partial charge in [-0.05, 0) is 92.2 Å². The summed E-state index contributed by atoms with van der Waals surface area (Å²) in [5.74, 6) is -3.97. The first kappa shape index (κ1) is 47.5. The van der Waals surface area contributed by atoms with E-state index < -0.39 is 66.4 Å². The van der Waals surface area contributed by atoms with Gasteiger partial charge in [-0.15, -0.1) is 13.2 Å². The number of rotatable bonds is 11. The Kier molecular flexibility index (Phi) is 12.2. The van der Waals surface area contributed by atoms with Gasteiger partial charge in [-0.25, -0.2) is 27.7 Å². The number of esters is 2. The molecule has 0 amide bonds. The van der Waals surface area contributed by atoms with Crippen LogP contribution in [-0.2, 0) is 40.5 Å². The first-order chi connectivity index (χ1) is 34.4. The Bertz CT molecular complexity index is 3980. The lowest BCUT2D eigenvalue weighted by atomic mass is 10.0. The van der Waals surface area contributed by atoms with Crippen molar-refractivity contribution in [3.05, 3.63) is 192 Å². The molecule has 72 heavy (non-hydrogen) atoms. The van der Waals surface area contributed by atoms with Gasteiger partial charge in [0.05, 0.1) is 23.9 Å². The molecule has 0 atom stereocenters. The Balaban J connectivity index is 0.982. The first-order valence-corrected chi connectivity index (χ1v) is 22.8. The maximum Gasteiger partial charge on any atom is 0.573 e. The Morgan fingerprint density at radius 2 is 1.01 bits per heavy atom. The van der Waals surface area contributed by atoms with Crippen molar-refractivity contribution in [1.29, 1.82) is 0 Å². The molecule has 0 N–H and O–H groups in total. The van der Waals surface area contributed by atoms with E-state index in [0.717, 1.165) is 28.9 Å². The summed E-state index contributed by atoms with van der Waals surface area (Å²) in [6.45, 7) is 1.90. The molecule has 19 heteroatoms. The fraction of sp³-hybridized carbons (Fsp3) is 0.132. The van der Waals surface area contributed by atoms with Crippen LogP contribution in [-0.4, -0.2) is 47.0 Å². The molecule has 0 aliphatic rings. The number of fused-ring (bicyclic) bond motifs is 4. The van der Waals surface area contributed by atoms with Crippen LogP contribution in [0.2, 0.25) is 10.0 Å². The van der Waals surface area contributed by atoms with Crippen LogP contribution in [0.4, 0.5) is 22.0 Å². The Hall–Kier alpha value is -8.15. The van der Waals surface area contributed by atoms with E-state index in [1.165, 1.54) is 22.9 Å². The van der Waals surface area contributed by atoms with E-state index >= 15 is 0 Å². The zero-order valence-corrected chi connectivity index (χ0v) is 39.2. The number of benzene rings is 6. The fourth-order valence-corrected chi connectivity index (χ4v) is 9.56. The lowest BCUT2D eigenvalue weighted by Gasteiger charge is -2.13. The molecule has 0 saturated heterocycles. The van der Waals surface area contributed by atoms with Gasteiger partial charge >= 0.3 is 18.3 Å². The monoisotopic (exact) mass is 1020 g/mol. The minimum Gasteiger partial charge on any atom is -0.406 e. The molecule has 4 aromatic heterocycles. The van der Waals surface area contributed by atoms with Crippen LogP contribution in [0, 0.1) is 25.5 Å². The first-order valence-electron chi connectivity index (χ1n) is 22.0. The van der Waals surface area contributed by atoms with Gasteiger partial charge in [0, 0.05) is 70.7 Å². The predicted octanol–water partition coefficient (Wildman–Crippen LogP) is 11.3. The zero-order chi connectivity index (χ0) is 50.7. The number of hydrogen-bond donors (Lipinski definition) is 0. The second-order valence-corrected chi connectivity index (χ2v) is 17.7. The van der Waals surface area contributed by atoms with Gasteiger partial charge in [0.15, 0.2) is 0 Å². The maximum absolute atomic E-state index is 14.9. The Morgan fingerprint density at radius 1 is 0.569 bits per heavy atom. The Morgan fingerprint density at radius 3 is 1.47 bits per heavy atom. The van der Waals surface area contributed by atoms with Crippen molar-refractivity contribution in [3.63, 3.8) is 0 Å². The van der Waals surface area contributed by atoms with E-state index in [0.29, 0.717) is 81.8 Å². The maximum atomic E-state index is 14.9. The third kappa shape index (κ3) is 8.85. The van der Waals surface area contributed by atoms with Gasteiger partial charge in [0.2, 0.25) is 0 Å². The molecule has 0 radical (unpaired) electrons. The number of aromatic nitrogens is 6. The van der Waals surface area contributed by atoms with Crippen LogP contribution < -0.4 is 15.9 Å². The molecule has 12 nitrogen and oxygen atoms in total. The molecule has 0 aliphatic heterocycles. The van der Waals surface area contributed by atoms with Crippen LogP contribution in [0.1, 0.15) is 22.5 Å². The largest absolute Gasteiger partial charge is 0.573 e. The second-order valence-electron chi connectivity index (χ2n) is 16.9. The molecule has 4 heterocycles. The van der Waals surface area contributed by atoms with Gasteiger partial charge in [0.1, 0.15) is 41.9 Å². The normalized spacial score (nSPS) is 11.8. The highest BCUT2D eigenvalue weighted by molar-refractivity contribution is 6.32. The van der Waals surface area contributed by atoms with Crippen LogP contribution in [0.5, 0.6) is 5.75 Å². The molecule has 0 spiro atoms. The van der Waals surface area contributed by atoms with Crippen LogP contribution >= 0.6 is 23.2 Å². The van der Waals surface area contributed by atoms with Gasteiger partial charge in [-0.3, -0.25) is 9.59 Å². The minimum atomic E-state index is -4.88. The van der Waals surface area contributed by atoms with Crippen molar-refractivity contribution in [2.45, 2.75) is 46.4 Å². The van der Waals surface area contributed by atoms with E-state index in [1.54, 1.807) is 108 Å². The molecule has 6 aromatic carbocycles. The molecule has 0 bridgehead atoms. The predicted molar refractivity (Wildman–Crippen MR) is 262 cm³/mol. The summed E-state index contributed by atoms with van der Waals surface area (Å²) in [7, 11) is 0. The van der Waals surface area contributed by atoms with Gasteiger partial charge in [0.25, 0.3) is 11.1 Å². The average molecular weight is 1020 g/mol. The molecule has 0 saturated carbocycles. The third-order valence-corrected chi connectivity index (χ3v) is 12.9. The van der Waals surface area contributed by atoms with E-state index in [4.69, 9.17) is 33.0 Å². The van der Waals surface area contributed by atoms with Crippen molar-refractivity contribution in [2.24, 2.45) is 0 Å². The summed E-state index contributed by atoms with van der Waals surface area (Å²) in [6, 6.07) is 31.9. The highest BCUT2D eigenvalue weighted by atomic mass is 35.5. The summed E-state index contributed by atoms with van der Waals surface area (Å²) in [6.07, 6.45) is -4.88. The smallest absolute Gasteiger partial charge is 0.406 e. The molecule has 0 aliphatic carbocycles. The molecule has 10 rings (SSSR count). The summed E-state index contributed by atoms with van der Waals surface area (Å²) < 4.78 is 83.3. The summed E-state index contributed by atoms with van der Waals surface area (Å²) >= 11 is 13.1. The quantitative estimate of drug-likeness (QED) is 0.0711. The van der Waals surface area contributed by atoms with Crippen molar-refractivity contribution >= 4 is 78.5 Å². The Labute approximate surface area is 413 Å². The fourth-order valence-electron chi connectivity index (χ4n) is 9.22. The van der Waals surface area contributed by atoms with E-state index in [2.05, 4.69) is 9.84 Å². The lowest BCUT2D eigenvalue weighted by molar-refractivity contribution is -0.274. The minimum absolute atomic E-state index is 0.114. The van der Waals surface area contributed by atoms with E-state index in [-0.39, 0.29) is 23.2 Å². The standard InChI is InChI=1S/C53H35Cl2F5N6O6/c1-28-47(49-34-8-3-5-10-36(34)51(69)65(61-49)24-30-14-18-33(19-15-30)72-53(58,59)60)38-22-31(54)16-20-43(38)63(28)26-45(67)71-46(68)27-64-29(2)48(39-23-32(55)17-21-44(39)64)50-35-9-4-6-11-37(35)52(70)66(62-50)25-40-41(56)12-7-13-42(40)57/h3-23H,24-27H2,1-2H3. The molecular weight excluding hydrogens is 983 g/mol. The van der Waals surface area contributed by atoms with Crippen LogP contribution in [0.25, 0.3) is 65.9 Å². The lowest BCUT2D eigenvalue weighted by Crippen LogP contribution is -2.25. The molecule has 0 unspecified atom stereocenters. The topological polar surface area (TPSA) is 132 Å². The number of carbonyl (C=O) groups excluding carboxylic acids is 2. The number of carbonyl (C=O) groups is 2. The summed E-state index contributed by atoms with van der Waals surface area (Å²) in [5, 5.41) is 12.7. The van der Waals surface area contributed by atoms with E-state index in [9.17, 15) is 41.1 Å². The second kappa shape index (κ2) is 18.5. The van der Waals surface area contributed by atoms with Crippen LogP contribution in [0.3, 0.4) is 0 Å². The van der Waals surface area contributed by atoms with Crippen molar-refractivity contribution in [2.75, 3.05) is 0 Å². The number of ether oxygens (including phenoxy) is 2. The van der Waals surface area contributed by atoms with Crippen molar-refractivity contribution < 1.29 is 41.0 Å². The number of nitrogens with zero attached hydrogens (tertiary/aromatic N) is 6. The summed E-state index contributed by atoms with van der Waals surface area (Å²) in [5.41, 5.74) is 2.65. The van der Waals surface area contributed by atoms with Gasteiger partial charge < -0.3 is 18.6 Å². The number of hydrogen-bond acceptors (Lipinski definition) is 8. The number of halogens is 7.